The second kappa shape index (κ2) is 5.29. The molecule has 100 valence electrons. The van der Waals surface area contributed by atoms with Crippen LogP contribution >= 0.6 is 0 Å². The van der Waals surface area contributed by atoms with Crippen LogP contribution in [0.25, 0.3) is 10.9 Å². The fourth-order valence-electron chi connectivity index (χ4n) is 2.37. The molecule has 0 amide bonds. The van der Waals surface area contributed by atoms with Crippen molar-refractivity contribution in [2.45, 2.75) is 20.4 Å². The highest BCUT2D eigenvalue weighted by atomic mass is 14.9. The lowest BCUT2D eigenvalue weighted by molar-refractivity contribution is 1.08. The third-order valence-corrected chi connectivity index (χ3v) is 3.41. The number of benzene rings is 1. The summed E-state index contributed by atoms with van der Waals surface area (Å²) in [5, 5.41) is 4.62. The Bertz CT molecular complexity index is 745. The van der Waals surface area contributed by atoms with Crippen LogP contribution in [0.4, 0.5) is 5.69 Å². The average molecular weight is 263 g/mol. The van der Waals surface area contributed by atoms with Crippen LogP contribution in [0, 0.1) is 13.8 Å². The van der Waals surface area contributed by atoms with Gasteiger partial charge in [0.15, 0.2) is 0 Å². The van der Waals surface area contributed by atoms with Gasteiger partial charge in [-0.15, -0.1) is 0 Å². The molecule has 0 aliphatic carbocycles. The first-order valence-corrected chi connectivity index (χ1v) is 6.75. The van der Waals surface area contributed by atoms with Gasteiger partial charge in [-0.05, 0) is 37.6 Å². The number of nitrogens with zero attached hydrogens (tertiary/aromatic N) is 2. The lowest BCUT2D eigenvalue weighted by Crippen LogP contribution is -2.03. The quantitative estimate of drug-likeness (QED) is 0.779. The van der Waals surface area contributed by atoms with Crippen LogP contribution in [0.2, 0.25) is 0 Å². The van der Waals surface area contributed by atoms with Crippen molar-refractivity contribution < 1.29 is 0 Å². The molecule has 3 nitrogen and oxygen atoms in total. The molecule has 20 heavy (non-hydrogen) atoms. The zero-order valence-electron chi connectivity index (χ0n) is 11.7. The molecular formula is C17H17N3. The molecule has 0 spiro atoms. The molecule has 1 N–H and O–H groups in total. The molecule has 2 heterocycles. The molecule has 0 saturated heterocycles. The van der Waals surface area contributed by atoms with Gasteiger partial charge < -0.3 is 5.32 Å². The first-order chi connectivity index (χ1) is 9.74. The van der Waals surface area contributed by atoms with Crippen LogP contribution in [0.15, 0.2) is 48.7 Å². The van der Waals surface area contributed by atoms with Crippen molar-refractivity contribution >= 4 is 16.6 Å². The van der Waals surface area contributed by atoms with Gasteiger partial charge in [-0.2, -0.15) is 0 Å². The summed E-state index contributed by atoms with van der Waals surface area (Å²) in [5.41, 5.74) is 5.39. The highest BCUT2D eigenvalue weighted by molar-refractivity contribution is 5.81. The van der Waals surface area contributed by atoms with Crippen molar-refractivity contribution in [3.63, 3.8) is 0 Å². The van der Waals surface area contributed by atoms with Gasteiger partial charge >= 0.3 is 0 Å². The summed E-state index contributed by atoms with van der Waals surface area (Å²) >= 11 is 0. The van der Waals surface area contributed by atoms with Gasteiger partial charge in [0.1, 0.15) is 0 Å². The fourth-order valence-corrected chi connectivity index (χ4v) is 2.37. The van der Waals surface area contributed by atoms with Crippen molar-refractivity contribution in [3.8, 4) is 0 Å². The Morgan fingerprint density at radius 2 is 1.85 bits per heavy atom. The van der Waals surface area contributed by atoms with Crippen molar-refractivity contribution in [1.29, 1.82) is 0 Å². The summed E-state index contributed by atoms with van der Waals surface area (Å²) in [5.74, 6) is 0. The van der Waals surface area contributed by atoms with Crippen LogP contribution in [0.5, 0.6) is 0 Å². The van der Waals surface area contributed by atoms with Crippen LogP contribution < -0.4 is 5.32 Å². The van der Waals surface area contributed by atoms with Crippen molar-refractivity contribution in [2.24, 2.45) is 0 Å². The highest BCUT2D eigenvalue weighted by Crippen LogP contribution is 2.19. The maximum absolute atomic E-state index is 4.47. The Kier molecular flexibility index (Phi) is 3.33. The zero-order chi connectivity index (χ0) is 13.9. The van der Waals surface area contributed by atoms with E-state index in [4.69, 9.17) is 0 Å². The number of anilines is 1. The lowest BCUT2D eigenvalue weighted by atomic mass is 10.1. The maximum Gasteiger partial charge on any atom is 0.0751 e. The number of aromatic nitrogens is 2. The number of fused-ring (bicyclic) bond motifs is 1. The van der Waals surface area contributed by atoms with Gasteiger partial charge in [-0.1, -0.05) is 24.3 Å². The number of hydrogen-bond donors (Lipinski definition) is 1. The molecule has 0 aliphatic rings. The standard InChI is InChI=1S/C17H17N3/c1-12-8-9-16(13(2)20-12)19-11-15-6-3-5-14-7-4-10-18-17(14)15/h3-10,19H,11H2,1-2H3. The first kappa shape index (κ1) is 12.6. The van der Waals surface area contributed by atoms with Crippen molar-refractivity contribution in [2.75, 3.05) is 5.32 Å². The van der Waals surface area contributed by atoms with Crippen LogP contribution in [-0.4, -0.2) is 9.97 Å². The summed E-state index contributed by atoms with van der Waals surface area (Å²) in [6, 6.07) is 14.4. The Morgan fingerprint density at radius 3 is 2.70 bits per heavy atom. The second-order valence-electron chi connectivity index (χ2n) is 4.93. The van der Waals surface area contributed by atoms with Gasteiger partial charge in [0.25, 0.3) is 0 Å². The number of hydrogen-bond acceptors (Lipinski definition) is 3. The van der Waals surface area contributed by atoms with Gasteiger partial charge in [-0.3, -0.25) is 9.97 Å². The first-order valence-electron chi connectivity index (χ1n) is 6.75. The third kappa shape index (κ3) is 2.48. The van der Waals surface area contributed by atoms with Crippen molar-refractivity contribution in [1.82, 2.24) is 9.97 Å². The minimum atomic E-state index is 0.750. The SMILES string of the molecule is Cc1ccc(NCc2cccc3cccnc23)c(C)n1. The Balaban J connectivity index is 1.87. The predicted molar refractivity (Wildman–Crippen MR) is 82.8 cm³/mol. The molecule has 0 saturated carbocycles. The summed E-state index contributed by atoms with van der Waals surface area (Å²) in [7, 11) is 0. The Labute approximate surface area is 118 Å². The van der Waals surface area contributed by atoms with E-state index in [1.54, 1.807) is 0 Å². The fraction of sp³-hybridized carbons (Fsp3) is 0.176. The summed E-state index contributed by atoms with van der Waals surface area (Å²) in [6.45, 7) is 4.78. The molecule has 0 radical (unpaired) electrons. The van der Waals surface area contributed by atoms with E-state index in [1.807, 2.05) is 32.2 Å². The van der Waals surface area contributed by atoms with E-state index >= 15 is 0 Å². The van der Waals surface area contributed by atoms with Crippen LogP contribution in [0.1, 0.15) is 17.0 Å². The van der Waals surface area contributed by atoms with Crippen molar-refractivity contribution in [3.05, 3.63) is 65.6 Å². The predicted octanol–water partition coefficient (Wildman–Crippen LogP) is 3.86. The normalized spacial score (nSPS) is 10.7. The topological polar surface area (TPSA) is 37.8 Å². The van der Waals surface area contributed by atoms with Gasteiger partial charge in [0, 0.05) is 23.8 Å². The van der Waals surface area contributed by atoms with E-state index in [9.17, 15) is 0 Å². The third-order valence-electron chi connectivity index (χ3n) is 3.41. The molecule has 0 aliphatic heterocycles. The van der Waals surface area contributed by atoms with E-state index < -0.39 is 0 Å². The van der Waals surface area contributed by atoms with Crippen LogP contribution in [-0.2, 0) is 6.54 Å². The molecule has 0 bridgehead atoms. The Hall–Kier alpha value is -2.42. The summed E-state index contributed by atoms with van der Waals surface area (Å²) < 4.78 is 0. The minimum Gasteiger partial charge on any atom is -0.379 e. The number of pyridine rings is 2. The van der Waals surface area contributed by atoms with E-state index in [2.05, 4.69) is 45.6 Å². The number of rotatable bonds is 3. The number of aryl methyl sites for hydroxylation is 2. The van der Waals surface area contributed by atoms with Gasteiger partial charge in [0.05, 0.1) is 16.9 Å². The monoisotopic (exact) mass is 263 g/mol. The Morgan fingerprint density at radius 1 is 1.00 bits per heavy atom. The maximum atomic E-state index is 4.47. The zero-order valence-corrected chi connectivity index (χ0v) is 11.7. The van der Waals surface area contributed by atoms with E-state index in [-0.39, 0.29) is 0 Å². The summed E-state index contributed by atoms with van der Waals surface area (Å²) in [4.78, 5) is 8.94. The molecule has 0 unspecified atom stereocenters. The van der Waals surface area contributed by atoms with Gasteiger partial charge in [-0.25, -0.2) is 0 Å². The second-order valence-corrected chi connectivity index (χ2v) is 4.93. The highest BCUT2D eigenvalue weighted by Gasteiger charge is 2.03. The lowest BCUT2D eigenvalue weighted by Gasteiger charge is -2.11. The van der Waals surface area contributed by atoms with E-state index in [1.165, 1.54) is 10.9 Å². The van der Waals surface area contributed by atoms with Gasteiger partial charge in [0.2, 0.25) is 0 Å². The van der Waals surface area contributed by atoms with E-state index in [0.717, 1.165) is 29.1 Å². The average Bonchev–Trinajstić information content (AvgIpc) is 2.46. The molecule has 0 fully saturated rings. The molecule has 3 heteroatoms. The van der Waals surface area contributed by atoms with Crippen LogP contribution in [0.3, 0.4) is 0 Å². The van der Waals surface area contributed by atoms with E-state index in [0.29, 0.717) is 0 Å². The molecule has 3 aromatic rings. The molecule has 0 atom stereocenters. The largest absolute Gasteiger partial charge is 0.379 e. The minimum absolute atomic E-state index is 0.750. The molecular weight excluding hydrogens is 246 g/mol. The summed E-state index contributed by atoms with van der Waals surface area (Å²) in [6.07, 6.45) is 1.84. The number of para-hydroxylation sites is 1. The smallest absolute Gasteiger partial charge is 0.0751 e. The molecule has 1 aromatic carbocycles. The number of nitrogens with one attached hydrogen (secondary N) is 1. The molecule has 3 rings (SSSR count). The molecule has 2 aromatic heterocycles.